The largest absolute Gasteiger partial charge is 0.458 e. The number of hydrogen-bond donors (Lipinski definition) is 3. The van der Waals surface area contributed by atoms with Crippen molar-refractivity contribution in [3.8, 4) is 0 Å². The zero-order valence-corrected chi connectivity index (χ0v) is 22.7. The van der Waals surface area contributed by atoms with Crippen molar-refractivity contribution in [3.05, 3.63) is 11.6 Å². The van der Waals surface area contributed by atoms with Gasteiger partial charge in [0.05, 0.1) is 24.4 Å². The van der Waals surface area contributed by atoms with E-state index < -0.39 is 24.1 Å². The van der Waals surface area contributed by atoms with E-state index in [1.54, 1.807) is 6.08 Å². The van der Waals surface area contributed by atoms with Crippen molar-refractivity contribution in [3.63, 3.8) is 0 Å². The lowest BCUT2D eigenvalue weighted by Crippen LogP contribution is -2.62. The molecule has 6 rings (SSSR count). The van der Waals surface area contributed by atoms with Gasteiger partial charge in [-0.3, -0.25) is 0 Å². The van der Waals surface area contributed by atoms with Crippen LogP contribution in [0.3, 0.4) is 0 Å². The molecular weight excluding hydrogens is 472 g/mol. The van der Waals surface area contributed by atoms with Crippen LogP contribution in [0.15, 0.2) is 11.6 Å². The fourth-order valence-corrected chi connectivity index (χ4v) is 10.0. The van der Waals surface area contributed by atoms with Crippen LogP contribution >= 0.6 is 0 Å². The highest BCUT2D eigenvalue weighted by molar-refractivity contribution is 5.85. The Morgan fingerprint density at radius 2 is 1.84 bits per heavy atom. The Balaban J connectivity index is 1.15. The highest BCUT2D eigenvalue weighted by Crippen LogP contribution is 2.70. The molecule has 0 bridgehead atoms. The van der Waals surface area contributed by atoms with E-state index in [0.29, 0.717) is 31.0 Å². The van der Waals surface area contributed by atoms with Crippen LogP contribution in [0.4, 0.5) is 0 Å². The molecule has 3 N–H and O–H groups in total. The van der Waals surface area contributed by atoms with Crippen LogP contribution in [0, 0.1) is 40.4 Å². The first-order valence-corrected chi connectivity index (χ1v) is 14.8. The summed E-state index contributed by atoms with van der Waals surface area (Å²) in [4.78, 5) is 11.8. The number of carbonyl (C=O) groups excluding carboxylic acids is 1. The third kappa shape index (κ3) is 3.89. The van der Waals surface area contributed by atoms with E-state index in [1.165, 1.54) is 0 Å². The Kier molecular flexibility index (Phi) is 6.59. The molecule has 2 heterocycles. The predicted octanol–water partition coefficient (Wildman–Crippen LogP) is 3.73. The van der Waals surface area contributed by atoms with Gasteiger partial charge in [0, 0.05) is 17.4 Å². The van der Waals surface area contributed by atoms with E-state index in [-0.39, 0.29) is 34.7 Å². The van der Waals surface area contributed by atoms with Crippen molar-refractivity contribution in [2.24, 2.45) is 40.4 Å². The molecule has 0 aromatic heterocycles. The molecule has 4 aliphatic carbocycles. The minimum atomic E-state index is -1.00. The fourth-order valence-electron chi connectivity index (χ4n) is 10.0. The minimum absolute atomic E-state index is 0.0271. The molecule has 208 valence electrons. The van der Waals surface area contributed by atoms with Crippen LogP contribution < -0.4 is 0 Å². The van der Waals surface area contributed by atoms with Crippen LogP contribution in [0.2, 0.25) is 0 Å². The van der Waals surface area contributed by atoms with Gasteiger partial charge in [0.15, 0.2) is 6.29 Å². The van der Waals surface area contributed by atoms with Gasteiger partial charge in [-0.25, -0.2) is 4.79 Å². The molecule has 0 amide bonds. The van der Waals surface area contributed by atoms with Crippen LogP contribution in [0.5, 0.6) is 0 Å². The smallest absolute Gasteiger partial charge is 0.331 e. The summed E-state index contributed by atoms with van der Waals surface area (Å²) in [6.07, 6.45) is 8.81. The van der Waals surface area contributed by atoms with Gasteiger partial charge in [-0.15, -0.1) is 0 Å². The molecule has 6 aliphatic rings. The number of cyclic esters (lactones) is 1. The summed E-state index contributed by atoms with van der Waals surface area (Å²) in [5.74, 6) is 1.25. The number of aliphatic hydroxyl groups is 3. The average Bonchev–Trinajstić information content (AvgIpc) is 3.42. The summed E-state index contributed by atoms with van der Waals surface area (Å²) in [6, 6.07) is 0. The second-order valence-electron chi connectivity index (χ2n) is 13.7. The first-order chi connectivity index (χ1) is 17.6. The van der Waals surface area contributed by atoms with E-state index in [4.69, 9.17) is 14.2 Å². The van der Waals surface area contributed by atoms with Crippen molar-refractivity contribution in [2.45, 2.75) is 115 Å². The lowest BCUT2D eigenvalue weighted by Gasteiger charge is -2.64. The molecule has 0 spiro atoms. The highest BCUT2D eigenvalue weighted by atomic mass is 16.7. The van der Waals surface area contributed by atoms with Gasteiger partial charge in [0.1, 0.15) is 12.7 Å². The molecule has 5 fully saturated rings. The summed E-state index contributed by atoms with van der Waals surface area (Å²) in [7, 11) is 0. The van der Waals surface area contributed by atoms with Crippen LogP contribution in [0.1, 0.15) is 85.0 Å². The summed E-state index contributed by atoms with van der Waals surface area (Å²) in [6.45, 7) is 7.54. The number of esters is 1. The van der Waals surface area contributed by atoms with Gasteiger partial charge in [-0.2, -0.15) is 0 Å². The maximum atomic E-state index is 12.4. The summed E-state index contributed by atoms with van der Waals surface area (Å²) in [5, 5.41) is 33.4. The van der Waals surface area contributed by atoms with Crippen molar-refractivity contribution < 1.29 is 34.3 Å². The minimum Gasteiger partial charge on any atom is -0.458 e. The highest BCUT2D eigenvalue weighted by Gasteiger charge is 2.67. The van der Waals surface area contributed by atoms with E-state index in [9.17, 15) is 20.1 Å². The zero-order valence-electron chi connectivity index (χ0n) is 22.7. The van der Waals surface area contributed by atoms with Crippen LogP contribution in [0.25, 0.3) is 0 Å². The lowest BCUT2D eigenvalue weighted by molar-refractivity contribution is -0.283. The van der Waals surface area contributed by atoms with Gasteiger partial charge < -0.3 is 29.5 Å². The Morgan fingerprint density at radius 3 is 2.57 bits per heavy atom. The van der Waals surface area contributed by atoms with E-state index in [1.807, 2.05) is 6.92 Å². The maximum Gasteiger partial charge on any atom is 0.331 e. The van der Waals surface area contributed by atoms with Gasteiger partial charge in [0.25, 0.3) is 0 Å². The molecule has 7 heteroatoms. The van der Waals surface area contributed by atoms with Gasteiger partial charge in [0.2, 0.25) is 0 Å². The first kappa shape index (κ1) is 26.2. The quantitative estimate of drug-likeness (QED) is 0.385. The molecule has 7 nitrogen and oxygen atoms in total. The van der Waals surface area contributed by atoms with Crippen molar-refractivity contribution in [1.29, 1.82) is 0 Å². The molecule has 0 radical (unpaired) electrons. The average molecular weight is 519 g/mol. The van der Waals surface area contributed by atoms with Crippen LogP contribution in [-0.2, 0) is 19.0 Å². The monoisotopic (exact) mass is 518 g/mol. The molecule has 0 aromatic carbocycles. The Labute approximate surface area is 220 Å². The number of ether oxygens (including phenoxy) is 3. The fraction of sp³-hybridized carbons (Fsp3) is 0.900. The van der Waals surface area contributed by atoms with Crippen molar-refractivity contribution in [1.82, 2.24) is 0 Å². The lowest BCUT2D eigenvalue weighted by atomic mass is 9.43. The number of rotatable bonds is 4. The number of fused-ring (bicyclic) bond motifs is 5. The molecule has 4 saturated carbocycles. The SMILES string of the molecule is CC[C@H]1CO[C@H](O[C@H]2CC[C@@]3(C)C(CCC4C3CC[C@]3(C)[C@@H](C5=CC(=O)OC5)CC[C@]43O)C2)[C@@H](O)C1O. The molecule has 0 aromatic rings. The molecule has 4 unspecified atom stereocenters. The normalized spacial score (nSPS) is 53.6. The summed E-state index contributed by atoms with van der Waals surface area (Å²) in [5.41, 5.74) is 0.355. The topological polar surface area (TPSA) is 105 Å². The van der Waals surface area contributed by atoms with E-state index >= 15 is 0 Å². The Hall–Kier alpha value is -0.990. The molecular formula is C30H46O7. The predicted molar refractivity (Wildman–Crippen MR) is 136 cm³/mol. The maximum absolute atomic E-state index is 12.4. The molecule has 12 atom stereocenters. The number of carbonyl (C=O) groups is 1. The molecule has 1 saturated heterocycles. The second kappa shape index (κ2) is 9.29. The third-order valence-corrected chi connectivity index (χ3v) is 12.4. The van der Waals surface area contributed by atoms with Crippen molar-refractivity contribution in [2.75, 3.05) is 13.2 Å². The van der Waals surface area contributed by atoms with Gasteiger partial charge >= 0.3 is 5.97 Å². The first-order valence-electron chi connectivity index (χ1n) is 14.8. The van der Waals surface area contributed by atoms with Crippen LogP contribution in [-0.4, -0.2) is 64.7 Å². The van der Waals surface area contributed by atoms with E-state index in [0.717, 1.165) is 69.8 Å². The van der Waals surface area contributed by atoms with Gasteiger partial charge in [-0.1, -0.05) is 20.8 Å². The second-order valence-corrected chi connectivity index (χ2v) is 13.7. The molecule has 37 heavy (non-hydrogen) atoms. The van der Waals surface area contributed by atoms with E-state index in [2.05, 4.69) is 13.8 Å². The number of aliphatic hydroxyl groups excluding tert-OH is 2. The third-order valence-electron chi connectivity index (χ3n) is 12.4. The van der Waals surface area contributed by atoms with Crippen molar-refractivity contribution >= 4 is 5.97 Å². The standard InChI is InChI=1S/C30H46O7/c1-4-17-15-36-27(26(33)25(17)32)37-20-7-10-28(2)19(14-20)5-6-23-22(28)8-11-29(3)21(9-12-30(23,29)34)18-13-24(31)35-16-18/h13,17,19-23,25-27,32-34H,4-12,14-16H2,1-3H3/t17-,19?,20-,21+,22?,23?,25?,26-,27+,28-,29+,30-/m0/s1. The zero-order chi connectivity index (χ0) is 26.2. The molecule has 2 aliphatic heterocycles. The summed E-state index contributed by atoms with van der Waals surface area (Å²) < 4.78 is 17.4. The number of hydrogen-bond acceptors (Lipinski definition) is 7. The Morgan fingerprint density at radius 1 is 1.03 bits per heavy atom. The van der Waals surface area contributed by atoms with Gasteiger partial charge in [-0.05, 0) is 98.9 Å². The summed E-state index contributed by atoms with van der Waals surface area (Å²) >= 11 is 0. The Bertz CT molecular complexity index is 935.